The van der Waals surface area contributed by atoms with Crippen molar-refractivity contribution in [2.24, 2.45) is 17.1 Å². The molecule has 3 heteroatoms. The average Bonchev–Trinajstić information content (AvgIpc) is 2.28. The van der Waals surface area contributed by atoms with Crippen molar-refractivity contribution in [1.29, 1.82) is 0 Å². The monoisotopic (exact) mass is 226 g/mol. The molecule has 2 N–H and O–H groups in total. The maximum absolute atomic E-state index is 6.69. The second-order valence-electron chi connectivity index (χ2n) is 6.13. The van der Waals surface area contributed by atoms with Gasteiger partial charge in [0.05, 0.1) is 6.10 Å². The lowest BCUT2D eigenvalue weighted by atomic mass is 9.46. The van der Waals surface area contributed by atoms with Crippen molar-refractivity contribution in [3.63, 3.8) is 0 Å². The predicted octanol–water partition coefficient (Wildman–Crippen LogP) is 1.47. The van der Waals surface area contributed by atoms with Crippen LogP contribution in [0.2, 0.25) is 0 Å². The van der Waals surface area contributed by atoms with E-state index in [1.807, 2.05) is 0 Å². The molecule has 16 heavy (non-hydrogen) atoms. The fraction of sp³-hybridized carbons (Fsp3) is 1.00. The highest BCUT2D eigenvalue weighted by atomic mass is 16.5. The van der Waals surface area contributed by atoms with Crippen molar-refractivity contribution in [3.05, 3.63) is 0 Å². The van der Waals surface area contributed by atoms with Crippen LogP contribution in [0.1, 0.15) is 33.6 Å². The number of likely N-dealkylation sites (N-methyl/N-ethyl adjacent to an activating group) is 1. The summed E-state index contributed by atoms with van der Waals surface area (Å²) in [5, 5.41) is 0. The first-order chi connectivity index (χ1) is 7.43. The van der Waals surface area contributed by atoms with Crippen LogP contribution >= 0.6 is 0 Å². The summed E-state index contributed by atoms with van der Waals surface area (Å²) in [6.07, 6.45) is 2.80. The zero-order valence-electron chi connectivity index (χ0n) is 11.1. The Kier molecular flexibility index (Phi) is 3.06. The molecule has 0 radical (unpaired) electrons. The van der Waals surface area contributed by atoms with Crippen LogP contribution in [0.15, 0.2) is 0 Å². The highest BCUT2D eigenvalue weighted by Crippen LogP contribution is 2.57. The van der Waals surface area contributed by atoms with E-state index >= 15 is 0 Å². The highest BCUT2D eigenvalue weighted by Gasteiger charge is 2.66. The van der Waals surface area contributed by atoms with Gasteiger partial charge in [-0.25, -0.2) is 0 Å². The Morgan fingerprint density at radius 2 is 2.12 bits per heavy atom. The molecular formula is C13H26N2O. The van der Waals surface area contributed by atoms with Gasteiger partial charge in [0.25, 0.3) is 0 Å². The number of ether oxygens (including phenoxy) is 1. The Bertz CT molecular complexity index is 267. The molecule has 0 aromatic heterocycles. The summed E-state index contributed by atoms with van der Waals surface area (Å²) in [4.78, 5) is 2.33. The summed E-state index contributed by atoms with van der Waals surface area (Å²) in [6.45, 7) is 9.69. The van der Waals surface area contributed by atoms with Crippen LogP contribution in [-0.4, -0.2) is 43.3 Å². The molecule has 1 aliphatic carbocycles. The molecule has 2 rings (SSSR count). The van der Waals surface area contributed by atoms with Gasteiger partial charge in [0.1, 0.15) is 0 Å². The highest BCUT2D eigenvalue weighted by molar-refractivity contribution is 5.20. The standard InChI is InChI=1S/C13H26N2O/c1-5-15(4)9-13(14)10-7-6-8-16-11(10)12(13,2)3/h10-11H,5-9,14H2,1-4H3. The van der Waals surface area contributed by atoms with E-state index in [1.54, 1.807) is 0 Å². The second kappa shape index (κ2) is 3.97. The smallest absolute Gasteiger partial charge is 0.0690 e. The lowest BCUT2D eigenvalue weighted by Gasteiger charge is -2.67. The largest absolute Gasteiger partial charge is 0.377 e. The van der Waals surface area contributed by atoms with Crippen molar-refractivity contribution >= 4 is 0 Å². The van der Waals surface area contributed by atoms with Crippen molar-refractivity contribution in [2.75, 3.05) is 26.7 Å². The van der Waals surface area contributed by atoms with Gasteiger partial charge < -0.3 is 15.4 Å². The Hall–Kier alpha value is -0.120. The summed E-state index contributed by atoms with van der Waals surface area (Å²) < 4.78 is 5.90. The van der Waals surface area contributed by atoms with Crippen molar-refractivity contribution in [1.82, 2.24) is 4.90 Å². The molecular weight excluding hydrogens is 200 g/mol. The van der Waals surface area contributed by atoms with E-state index < -0.39 is 0 Å². The molecule has 3 unspecified atom stereocenters. The molecule has 0 bridgehead atoms. The summed E-state index contributed by atoms with van der Waals surface area (Å²) in [6, 6.07) is 0. The molecule has 1 heterocycles. The third-order valence-corrected chi connectivity index (χ3v) is 4.97. The van der Waals surface area contributed by atoms with Crippen LogP contribution in [0, 0.1) is 11.3 Å². The zero-order chi connectivity index (χ0) is 12.0. The van der Waals surface area contributed by atoms with E-state index in [2.05, 4.69) is 32.7 Å². The van der Waals surface area contributed by atoms with Gasteiger partial charge in [-0.1, -0.05) is 20.8 Å². The summed E-state index contributed by atoms with van der Waals surface area (Å²) in [5.74, 6) is 0.560. The molecule has 1 saturated heterocycles. The lowest BCUT2D eigenvalue weighted by molar-refractivity contribution is -0.231. The Morgan fingerprint density at radius 3 is 2.75 bits per heavy atom. The number of nitrogens with two attached hydrogens (primary N) is 1. The molecule has 2 fully saturated rings. The predicted molar refractivity (Wildman–Crippen MR) is 66.3 cm³/mol. The van der Waals surface area contributed by atoms with Gasteiger partial charge in [0.15, 0.2) is 0 Å². The quantitative estimate of drug-likeness (QED) is 0.792. The first kappa shape index (κ1) is 12.3. The van der Waals surface area contributed by atoms with Gasteiger partial charge in [0.2, 0.25) is 0 Å². The van der Waals surface area contributed by atoms with Gasteiger partial charge in [0, 0.05) is 30.0 Å². The van der Waals surface area contributed by atoms with Gasteiger partial charge in [-0.2, -0.15) is 0 Å². The lowest BCUT2D eigenvalue weighted by Crippen LogP contribution is -2.80. The first-order valence-electron chi connectivity index (χ1n) is 6.52. The van der Waals surface area contributed by atoms with Crippen LogP contribution in [0.5, 0.6) is 0 Å². The number of hydrogen-bond donors (Lipinski definition) is 1. The van der Waals surface area contributed by atoms with E-state index in [-0.39, 0.29) is 11.0 Å². The Balaban J connectivity index is 2.13. The molecule has 0 amide bonds. The van der Waals surface area contributed by atoms with Gasteiger partial charge in [-0.3, -0.25) is 0 Å². The van der Waals surface area contributed by atoms with Crippen LogP contribution in [0.3, 0.4) is 0 Å². The molecule has 0 spiro atoms. The molecule has 2 aliphatic rings. The molecule has 1 aliphatic heterocycles. The number of hydrogen-bond acceptors (Lipinski definition) is 3. The Labute approximate surface area is 99.3 Å². The van der Waals surface area contributed by atoms with Crippen LogP contribution < -0.4 is 5.73 Å². The molecule has 3 nitrogen and oxygen atoms in total. The van der Waals surface area contributed by atoms with Gasteiger partial charge in [-0.15, -0.1) is 0 Å². The van der Waals surface area contributed by atoms with E-state index in [0.717, 1.165) is 19.7 Å². The van der Waals surface area contributed by atoms with Crippen LogP contribution in [0.25, 0.3) is 0 Å². The molecule has 0 aromatic rings. The third-order valence-electron chi connectivity index (χ3n) is 4.97. The second-order valence-corrected chi connectivity index (χ2v) is 6.13. The fourth-order valence-corrected chi connectivity index (χ4v) is 3.55. The van der Waals surface area contributed by atoms with E-state index in [1.165, 1.54) is 12.8 Å². The van der Waals surface area contributed by atoms with Crippen molar-refractivity contribution in [3.8, 4) is 0 Å². The molecule has 3 atom stereocenters. The molecule has 94 valence electrons. The maximum atomic E-state index is 6.69. The van der Waals surface area contributed by atoms with Gasteiger partial charge in [-0.05, 0) is 26.4 Å². The van der Waals surface area contributed by atoms with E-state index in [9.17, 15) is 0 Å². The van der Waals surface area contributed by atoms with Crippen molar-refractivity contribution in [2.45, 2.75) is 45.3 Å². The third kappa shape index (κ3) is 1.52. The zero-order valence-corrected chi connectivity index (χ0v) is 11.1. The topological polar surface area (TPSA) is 38.5 Å². The fourth-order valence-electron chi connectivity index (χ4n) is 3.55. The average molecular weight is 226 g/mol. The number of nitrogens with zero attached hydrogens (tertiary/aromatic N) is 1. The normalized spacial score (nSPS) is 41.6. The summed E-state index contributed by atoms with van der Waals surface area (Å²) in [5.41, 5.74) is 6.74. The SMILES string of the molecule is CCN(C)CC1(N)C2CCCOC2C1(C)C. The van der Waals surface area contributed by atoms with E-state index in [0.29, 0.717) is 12.0 Å². The summed E-state index contributed by atoms with van der Waals surface area (Å²) in [7, 11) is 2.15. The maximum Gasteiger partial charge on any atom is 0.0690 e. The summed E-state index contributed by atoms with van der Waals surface area (Å²) >= 11 is 0. The minimum atomic E-state index is -0.0666. The Morgan fingerprint density at radius 1 is 1.44 bits per heavy atom. The van der Waals surface area contributed by atoms with Crippen LogP contribution in [-0.2, 0) is 4.74 Å². The van der Waals surface area contributed by atoms with Gasteiger partial charge >= 0.3 is 0 Å². The molecule has 0 aromatic carbocycles. The minimum absolute atomic E-state index is 0.0666. The van der Waals surface area contributed by atoms with Crippen LogP contribution in [0.4, 0.5) is 0 Å². The first-order valence-corrected chi connectivity index (χ1v) is 6.52. The van der Waals surface area contributed by atoms with Crippen molar-refractivity contribution < 1.29 is 4.74 Å². The van der Waals surface area contributed by atoms with E-state index in [4.69, 9.17) is 10.5 Å². The number of rotatable bonds is 3. The minimum Gasteiger partial charge on any atom is -0.377 e. The molecule has 1 saturated carbocycles. The number of fused-ring (bicyclic) bond motifs is 1.